The van der Waals surface area contributed by atoms with Crippen molar-refractivity contribution < 1.29 is 17.9 Å². The Morgan fingerprint density at radius 2 is 1.59 bits per heavy atom. The van der Waals surface area contributed by atoms with Crippen molar-refractivity contribution in [2.24, 2.45) is 0 Å². The summed E-state index contributed by atoms with van der Waals surface area (Å²) in [4.78, 5) is 0.351. The summed E-state index contributed by atoms with van der Waals surface area (Å²) in [5.74, 6) is 1.15. The summed E-state index contributed by atoms with van der Waals surface area (Å²) in [5, 5.41) is 6.33. The second-order valence-corrected chi connectivity index (χ2v) is 8.35. The molecule has 6 nitrogen and oxygen atoms in total. The number of rotatable bonds is 6. The molecule has 3 aromatic rings. The Morgan fingerprint density at radius 1 is 0.828 bits per heavy atom. The molecule has 0 aliphatic carbocycles. The number of ether oxygens (including phenoxy) is 2. The van der Waals surface area contributed by atoms with Gasteiger partial charge in [-0.05, 0) is 54.7 Å². The van der Waals surface area contributed by atoms with E-state index in [1.165, 1.54) is 19.2 Å². The van der Waals surface area contributed by atoms with Crippen LogP contribution in [0.5, 0.6) is 11.5 Å². The van der Waals surface area contributed by atoms with Crippen molar-refractivity contribution in [1.82, 2.24) is 0 Å². The summed E-state index contributed by atoms with van der Waals surface area (Å²) in [5.41, 5.74) is 1.17. The quantitative estimate of drug-likeness (QED) is 0.566. The molecule has 8 heteroatoms. The minimum atomic E-state index is -3.67. The van der Waals surface area contributed by atoms with Crippen LogP contribution in [0.4, 0.5) is 11.4 Å². The first-order chi connectivity index (χ1) is 13.9. The largest absolute Gasteiger partial charge is 0.497 e. The van der Waals surface area contributed by atoms with Crippen LogP contribution in [0.1, 0.15) is 0 Å². The number of hydrogen-bond donors (Lipinski definition) is 2. The maximum atomic E-state index is 12.9. The van der Waals surface area contributed by atoms with Gasteiger partial charge in [0.15, 0.2) is 5.11 Å². The predicted octanol–water partition coefficient (Wildman–Crippen LogP) is 4.35. The number of anilines is 2. The topological polar surface area (TPSA) is 76.7 Å². The van der Waals surface area contributed by atoms with Crippen LogP contribution in [0.2, 0.25) is 0 Å². The summed E-state index contributed by atoms with van der Waals surface area (Å²) >= 11 is 5.37. The van der Waals surface area contributed by atoms with Crippen LogP contribution in [0.15, 0.2) is 82.6 Å². The fourth-order valence-corrected chi connectivity index (χ4v) is 4.21. The number of nitrogens with one attached hydrogen (secondary N) is 2. The lowest BCUT2D eigenvalue weighted by molar-refractivity contribution is 0.415. The Labute approximate surface area is 175 Å². The molecule has 0 fully saturated rings. The molecule has 0 aliphatic heterocycles. The van der Waals surface area contributed by atoms with Crippen molar-refractivity contribution in [3.63, 3.8) is 0 Å². The molecule has 0 amide bonds. The average molecular weight is 429 g/mol. The van der Waals surface area contributed by atoms with E-state index >= 15 is 0 Å². The van der Waals surface area contributed by atoms with E-state index in [4.69, 9.17) is 21.7 Å². The highest BCUT2D eigenvalue weighted by atomic mass is 32.2. The fourth-order valence-electron chi connectivity index (χ4n) is 2.67. The van der Waals surface area contributed by atoms with E-state index in [9.17, 15) is 8.42 Å². The number of benzene rings is 3. The van der Waals surface area contributed by atoms with Crippen molar-refractivity contribution in [1.29, 1.82) is 0 Å². The molecule has 0 aromatic heterocycles. The van der Waals surface area contributed by atoms with E-state index in [2.05, 4.69) is 10.6 Å². The van der Waals surface area contributed by atoms with E-state index in [1.807, 2.05) is 18.2 Å². The monoisotopic (exact) mass is 428 g/mol. The zero-order valence-electron chi connectivity index (χ0n) is 15.9. The molecule has 3 rings (SSSR count). The molecule has 3 aromatic carbocycles. The number of methoxy groups -OCH3 is 2. The van der Waals surface area contributed by atoms with Crippen LogP contribution < -0.4 is 20.1 Å². The number of hydrogen-bond acceptors (Lipinski definition) is 5. The van der Waals surface area contributed by atoms with Gasteiger partial charge in [0.2, 0.25) is 9.84 Å². The lowest BCUT2D eigenvalue weighted by Gasteiger charge is -2.15. The van der Waals surface area contributed by atoms with Gasteiger partial charge in [-0.25, -0.2) is 8.42 Å². The van der Waals surface area contributed by atoms with E-state index in [1.54, 1.807) is 49.6 Å². The first-order valence-corrected chi connectivity index (χ1v) is 10.5. The maximum absolute atomic E-state index is 12.9. The number of thiocarbonyl (C=S) groups is 1. The molecular weight excluding hydrogens is 408 g/mol. The minimum absolute atomic E-state index is 0.135. The van der Waals surface area contributed by atoms with Gasteiger partial charge in [-0.3, -0.25) is 0 Å². The first-order valence-electron chi connectivity index (χ1n) is 8.64. The Morgan fingerprint density at radius 3 is 2.28 bits per heavy atom. The Kier molecular flexibility index (Phi) is 6.36. The third-order valence-electron chi connectivity index (χ3n) is 4.11. The van der Waals surface area contributed by atoms with Gasteiger partial charge >= 0.3 is 0 Å². The van der Waals surface area contributed by atoms with Gasteiger partial charge in [-0.2, -0.15) is 0 Å². The molecular formula is C21H20N2O4S2. The molecule has 0 atom stereocenters. The van der Waals surface area contributed by atoms with Crippen LogP contribution in [0.3, 0.4) is 0 Å². The first kappa shape index (κ1) is 20.6. The summed E-state index contributed by atoms with van der Waals surface area (Å²) in [7, 11) is -0.579. The molecule has 150 valence electrons. The third kappa shape index (κ3) is 4.85. The highest BCUT2D eigenvalue weighted by Gasteiger charge is 2.19. The molecule has 0 saturated heterocycles. The number of sulfone groups is 1. The maximum Gasteiger partial charge on any atom is 0.206 e. The lowest BCUT2D eigenvalue weighted by Crippen LogP contribution is -2.19. The van der Waals surface area contributed by atoms with Gasteiger partial charge in [0.1, 0.15) is 11.5 Å². The van der Waals surface area contributed by atoms with Gasteiger partial charge in [0.25, 0.3) is 0 Å². The van der Waals surface area contributed by atoms with E-state index in [0.29, 0.717) is 17.2 Å². The second-order valence-electron chi connectivity index (χ2n) is 5.99. The molecule has 0 unspecified atom stereocenters. The Hall–Kier alpha value is -3.10. The molecule has 2 N–H and O–H groups in total. The molecule has 0 spiro atoms. The smallest absolute Gasteiger partial charge is 0.206 e. The standard InChI is InChI=1S/C21H20N2O4S2/c1-26-16-8-6-7-15(13-16)22-21(28)23-19-14-18(11-12-20(19)27-2)29(24,25)17-9-4-3-5-10-17/h3-14H,1-2H3,(H2,22,23,28). The summed E-state index contributed by atoms with van der Waals surface area (Å²) in [6, 6.07) is 20.1. The van der Waals surface area contributed by atoms with Gasteiger partial charge in [-0.1, -0.05) is 24.3 Å². The van der Waals surface area contributed by atoms with Crippen LogP contribution >= 0.6 is 12.2 Å². The van der Waals surface area contributed by atoms with Gasteiger partial charge in [0, 0.05) is 11.8 Å². The SMILES string of the molecule is COc1cccc(NC(=S)Nc2cc(S(=O)(=O)c3ccccc3)ccc2OC)c1. The lowest BCUT2D eigenvalue weighted by atomic mass is 10.3. The molecule has 0 heterocycles. The average Bonchev–Trinajstić information content (AvgIpc) is 2.74. The second kappa shape index (κ2) is 8.93. The van der Waals surface area contributed by atoms with E-state index in [-0.39, 0.29) is 14.9 Å². The predicted molar refractivity (Wildman–Crippen MR) is 118 cm³/mol. The molecule has 29 heavy (non-hydrogen) atoms. The van der Waals surface area contributed by atoms with Crippen molar-refractivity contribution in [2.45, 2.75) is 9.79 Å². The van der Waals surface area contributed by atoms with Crippen LogP contribution in [0, 0.1) is 0 Å². The Balaban J connectivity index is 1.86. The molecule has 0 saturated carbocycles. The minimum Gasteiger partial charge on any atom is -0.497 e. The third-order valence-corrected chi connectivity index (χ3v) is 6.08. The van der Waals surface area contributed by atoms with Gasteiger partial charge < -0.3 is 20.1 Å². The summed E-state index contributed by atoms with van der Waals surface area (Å²) < 4.78 is 36.3. The summed E-state index contributed by atoms with van der Waals surface area (Å²) in [6.45, 7) is 0. The fraction of sp³-hybridized carbons (Fsp3) is 0.0952. The highest BCUT2D eigenvalue weighted by molar-refractivity contribution is 7.91. The van der Waals surface area contributed by atoms with Gasteiger partial charge in [0.05, 0.1) is 29.7 Å². The van der Waals surface area contributed by atoms with E-state index < -0.39 is 9.84 Å². The summed E-state index contributed by atoms with van der Waals surface area (Å²) in [6.07, 6.45) is 0. The Bertz CT molecular complexity index is 1120. The highest BCUT2D eigenvalue weighted by Crippen LogP contribution is 2.30. The van der Waals surface area contributed by atoms with Crippen LogP contribution in [0.25, 0.3) is 0 Å². The normalized spacial score (nSPS) is 10.8. The zero-order valence-corrected chi connectivity index (χ0v) is 17.5. The van der Waals surface area contributed by atoms with Crippen molar-refractivity contribution >= 4 is 38.5 Å². The molecule has 0 aliphatic rings. The van der Waals surface area contributed by atoms with E-state index in [0.717, 1.165) is 5.69 Å². The van der Waals surface area contributed by atoms with Gasteiger partial charge in [-0.15, -0.1) is 0 Å². The molecule has 0 radical (unpaired) electrons. The van der Waals surface area contributed by atoms with Crippen LogP contribution in [-0.4, -0.2) is 27.7 Å². The zero-order chi connectivity index (χ0) is 20.9. The molecule has 0 bridgehead atoms. The van der Waals surface area contributed by atoms with Crippen LogP contribution in [-0.2, 0) is 9.84 Å². The van der Waals surface area contributed by atoms with Crippen molar-refractivity contribution in [2.75, 3.05) is 24.9 Å². The van der Waals surface area contributed by atoms with Crippen molar-refractivity contribution in [3.05, 3.63) is 72.8 Å². The van der Waals surface area contributed by atoms with Crippen molar-refractivity contribution in [3.8, 4) is 11.5 Å².